The van der Waals surface area contributed by atoms with Crippen LogP contribution in [0.2, 0.25) is 0 Å². The Morgan fingerprint density at radius 2 is 1.92 bits per heavy atom. The van der Waals surface area contributed by atoms with Gasteiger partial charge in [0.2, 0.25) is 5.91 Å². The summed E-state index contributed by atoms with van der Waals surface area (Å²) in [5.74, 6) is 0.0880. The van der Waals surface area contributed by atoms with Crippen LogP contribution in [0.25, 0.3) is 10.8 Å². The maximum Gasteiger partial charge on any atom is 0.343 e. The molecule has 0 spiro atoms. The molecule has 0 aromatic heterocycles. The summed E-state index contributed by atoms with van der Waals surface area (Å²) >= 11 is 0. The second-order valence-electron chi connectivity index (χ2n) is 6.63. The maximum absolute atomic E-state index is 12.6. The van der Waals surface area contributed by atoms with Crippen molar-refractivity contribution in [1.82, 2.24) is 0 Å². The minimum absolute atomic E-state index is 0.00790. The van der Waals surface area contributed by atoms with Gasteiger partial charge >= 0.3 is 5.97 Å². The summed E-state index contributed by atoms with van der Waals surface area (Å²) in [7, 11) is 1.32. The van der Waals surface area contributed by atoms with Crippen LogP contribution in [0.1, 0.15) is 25.7 Å². The van der Waals surface area contributed by atoms with Crippen LogP contribution < -0.4 is 15.8 Å². The van der Waals surface area contributed by atoms with Crippen molar-refractivity contribution in [3.8, 4) is 5.75 Å². The summed E-state index contributed by atoms with van der Waals surface area (Å²) in [4.78, 5) is 24.0. The molecule has 0 bridgehead atoms. The van der Waals surface area contributed by atoms with Crippen molar-refractivity contribution in [2.24, 2.45) is 11.7 Å². The molecule has 0 radical (unpaired) electrons. The average Bonchev–Trinajstić information content (AvgIpc) is 2.67. The van der Waals surface area contributed by atoms with E-state index in [0.29, 0.717) is 5.75 Å². The highest BCUT2D eigenvalue weighted by molar-refractivity contribution is 6.04. The molecule has 2 atom stereocenters. The number of carbonyl (C=O) groups is 2. The predicted octanol–water partition coefficient (Wildman–Crippen LogP) is 2.85. The van der Waals surface area contributed by atoms with Crippen LogP contribution in [0.4, 0.5) is 5.69 Å². The van der Waals surface area contributed by atoms with Crippen LogP contribution in [0.3, 0.4) is 0 Å². The molecule has 1 aliphatic carbocycles. The van der Waals surface area contributed by atoms with E-state index in [9.17, 15) is 9.59 Å². The first-order valence-electron chi connectivity index (χ1n) is 8.86. The maximum atomic E-state index is 12.6. The molecule has 138 valence electrons. The fraction of sp³-hybridized carbons (Fsp3) is 0.400. The number of hydrogen-bond acceptors (Lipinski definition) is 5. The highest BCUT2D eigenvalue weighted by Gasteiger charge is 2.25. The Bertz CT molecular complexity index is 805. The number of carbonyl (C=O) groups excluding carboxylic acids is 2. The number of hydrogen-bond donors (Lipinski definition) is 2. The molecule has 1 saturated carbocycles. The van der Waals surface area contributed by atoms with Crippen molar-refractivity contribution in [3.05, 3.63) is 36.4 Å². The zero-order chi connectivity index (χ0) is 18.5. The molecule has 2 aromatic carbocycles. The van der Waals surface area contributed by atoms with Crippen molar-refractivity contribution < 1.29 is 19.1 Å². The van der Waals surface area contributed by atoms with E-state index >= 15 is 0 Å². The third-order valence-electron chi connectivity index (χ3n) is 4.80. The lowest BCUT2D eigenvalue weighted by molar-refractivity contribution is -0.142. The molecule has 6 heteroatoms. The highest BCUT2D eigenvalue weighted by Crippen LogP contribution is 2.33. The summed E-state index contributed by atoms with van der Waals surface area (Å²) < 4.78 is 10.2. The summed E-state index contributed by atoms with van der Waals surface area (Å²) in [5, 5.41) is 4.73. The van der Waals surface area contributed by atoms with Gasteiger partial charge in [-0.05, 0) is 31.4 Å². The number of nitrogens with two attached hydrogens (primary N) is 1. The highest BCUT2D eigenvalue weighted by atomic mass is 16.6. The number of ether oxygens (including phenoxy) is 2. The van der Waals surface area contributed by atoms with Crippen LogP contribution in [0, 0.1) is 5.92 Å². The fourth-order valence-electron chi connectivity index (χ4n) is 3.40. The lowest BCUT2D eigenvalue weighted by atomic mass is 9.85. The third-order valence-corrected chi connectivity index (χ3v) is 4.80. The molecule has 0 heterocycles. The Morgan fingerprint density at radius 3 is 2.65 bits per heavy atom. The Kier molecular flexibility index (Phi) is 5.73. The van der Waals surface area contributed by atoms with E-state index in [1.54, 1.807) is 12.1 Å². The third kappa shape index (κ3) is 4.14. The van der Waals surface area contributed by atoms with Gasteiger partial charge in [-0.2, -0.15) is 0 Å². The van der Waals surface area contributed by atoms with Crippen molar-refractivity contribution in [1.29, 1.82) is 0 Å². The number of nitrogens with one attached hydrogen (secondary N) is 1. The Hall–Kier alpha value is -2.60. The van der Waals surface area contributed by atoms with Crippen molar-refractivity contribution in [2.45, 2.75) is 31.7 Å². The van der Waals surface area contributed by atoms with Gasteiger partial charge in [0.05, 0.1) is 7.11 Å². The molecule has 26 heavy (non-hydrogen) atoms. The number of methoxy groups -OCH3 is 1. The van der Waals surface area contributed by atoms with Gasteiger partial charge in [-0.1, -0.05) is 30.7 Å². The van der Waals surface area contributed by atoms with Gasteiger partial charge in [-0.3, -0.25) is 4.79 Å². The second-order valence-corrected chi connectivity index (χ2v) is 6.63. The van der Waals surface area contributed by atoms with Crippen LogP contribution in [0.15, 0.2) is 36.4 Å². The number of fused-ring (bicyclic) bond motifs is 1. The Morgan fingerprint density at radius 1 is 1.15 bits per heavy atom. The summed E-state index contributed by atoms with van der Waals surface area (Å²) in [6.07, 6.45) is 3.57. The number of anilines is 1. The van der Waals surface area contributed by atoms with Crippen LogP contribution >= 0.6 is 0 Å². The van der Waals surface area contributed by atoms with E-state index < -0.39 is 5.97 Å². The number of esters is 1. The smallest absolute Gasteiger partial charge is 0.343 e. The molecular formula is C20H24N2O4. The fourth-order valence-corrected chi connectivity index (χ4v) is 3.40. The summed E-state index contributed by atoms with van der Waals surface area (Å²) in [6, 6.07) is 11.3. The van der Waals surface area contributed by atoms with Gasteiger partial charge in [-0.15, -0.1) is 0 Å². The SMILES string of the molecule is COC(=O)COc1ccc(NC(=O)C2CCCC(N)C2)c2ccccc12. The first-order chi connectivity index (χ1) is 12.6. The Labute approximate surface area is 152 Å². The summed E-state index contributed by atoms with van der Waals surface area (Å²) in [6.45, 7) is -0.161. The zero-order valence-corrected chi connectivity index (χ0v) is 14.9. The first-order valence-corrected chi connectivity index (χ1v) is 8.86. The topological polar surface area (TPSA) is 90.6 Å². The molecular weight excluding hydrogens is 332 g/mol. The molecule has 1 amide bonds. The quantitative estimate of drug-likeness (QED) is 0.804. The van der Waals surface area contributed by atoms with E-state index in [1.807, 2.05) is 24.3 Å². The molecule has 3 N–H and O–H groups in total. The van der Waals surface area contributed by atoms with E-state index in [1.165, 1.54) is 7.11 Å². The number of rotatable bonds is 5. The Balaban J connectivity index is 1.81. The van der Waals surface area contributed by atoms with E-state index in [-0.39, 0.29) is 24.5 Å². The van der Waals surface area contributed by atoms with Gasteiger partial charge in [0.25, 0.3) is 0 Å². The van der Waals surface area contributed by atoms with Crippen molar-refractivity contribution in [3.63, 3.8) is 0 Å². The van der Waals surface area contributed by atoms with Gasteiger partial charge in [0, 0.05) is 28.4 Å². The minimum atomic E-state index is -0.444. The zero-order valence-electron chi connectivity index (χ0n) is 14.9. The molecule has 3 rings (SSSR count). The molecule has 0 aliphatic heterocycles. The van der Waals surface area contributed by atoms with Crippen LogP contribution in [-0.4, -0.2) is 31.6 Å². The van der Waals surface area contributed by atoms with E-state index in [2.05, 4.69) is 10.1 Å². The number of amides is 1. The molecule has 0 saturated heterocycles. The van der Waals surface area contributed by atoms with Crippen molar-refractivity contribution >= 4 is 28.3 Å². The molecule has 2 unspecified atom stereocenters. The van der Waals surface area contributed by atoms with Gasteiger partial charge in [0.15, 0.2) is 6.61 Å². The minimum Gasteiger partial charge on any atom is -0.481 e. The monoisotopic (exact) mass is 356 g/mol. The number of benzene rings is 2. The largest absolute Gasteiger partial charge is 0.481 e. The lowest BCUT2D eigenvalue weighted by Gasteiger charge is -2.26. The van der Waals surface area contributed by atoms with Crippen LogP contribution in [-0.2, 0) is 14.3 Å². The second kappa shape index (κ2) is 8.19. The average molecular weight is 356 g/mol. The van der Waals surface area contributed by atoms with E-state index in [4.69, 9.17) is 10.5 Å². The van der Waals surface area contributed by atoms with Crippen LogP contribution in [0.5, 0.6) is 5.75 Å². The first kappa shape index (κ1) is 18.2. The standard InChI is InChI=1S/C20H24N2O4/c1-25-19(23)12-26-18-10-9-17(15-7-2-3-8-16(15)18)22-20(24)13-5-4-6-14(21)11-13/h2-3,7-10,13-14H,4-6,11-12,21H2,1H3,(H,22,24). The molecule has 1 aliphatic rings. The summed E-state index contributed by atoms with van der Waals surface area (Å²) in [5.41, 5.74) is 6.73. The predicted molar refractivity (Wildman–Crippen MR) is 100 cm³/mol. The van der Waals surface area contributed by atoms with Gasteiger partial charge in [-0.25, -0.2) is 4.79 Å². The molecule has 6 nitrogen and oxygen atoms in total. The van der Waals surface area contributed by atoms with Crippen molar-refractivity contribution in [2.75, 3.05) is 19.0 Å². The van der Waals surface area contributed by atoms with Gasteiger partial charge < -0.3 is 20.5 Å². The lowest BCUT2D eigenvalue weighted by Crippen LogP contribution is -2.34. The molecule has 1 fully saturated rings. The normalized spacial score (nSPS) is 19.8. The van der Waals surface area contributed by atoms with Gasteiger partial charge in [0.1, 0.15) is 5.75 Å². The van der Waals surface area contributed by atoms with E-state index in [0.717, 1.165) is 42.1 Å². The molecule has 2 aromatic rings.